The van der Waals surface area contributed by atoms with Gasteiger partial charge in [0.15, 0.2) is 0 Å². The van der Waals surface area contributed by atoms with Crippen molar-refractivity contribution in [3.8, 4) is 11.5 Å². The first-order valence-electron chi connectivity index (χ1n) is 4.08. The Kier molecular flexibility index (Phi) is 1.82. The van der Waals surface area contributed by atoms with E-state index in [9.17, 15) is 9.90 Å². The van der Waals surface area contributed by atoms with E-state index in [-0.39, 0.29) is 29.7 Å². The van der Waals surface area contributed by atoms with Gasteiger partial charge in [-0.3, -0.25) is 0 Å². The van der Waals surface area contributed by atoms with Gasteiger partial charge in [0.2, 0.25) is 0 Å². The van der Waals surface area contributed by atoms with E-state index in [1.165, 1.54) is 6.07 Å². The molecule has 14 heavy (non-hydrogen) atoms. The van der Waals surface area contributed by atoms with E-state index in [1.54, 1.807) is 0 Å². The van der Waals surface area contributed by atoms with Crippen LogP contribution in [0.1, 0.15) is 22.0 Å². The number of aromatic carboxylic acids is 1. The SMILES string of the molecule is N[C@@H]1COc2c(C(=O)O)cc(O)cc21. The van der Waals surface area contributed by atoms with Crippen LogP contribution in [0.15, 0.2) is 12.1 Å². The summed E-state index contributed by atoms with van der Waals surface area (Å²) in [6.45, 7) is 0.249. The number of rotatable bonds is 1. The number of phenols is 1. The minimum atomic E-state index is -1.13. The average Bonchev–Trinajstić information content (AvgIpc) is 2.47. The molecule has 0 spiro atoms. The van der Waals surface area contributed by atoms with Crippen LogP contribution in [0.5, 0.6) is 11.5 Å². The lowest BCUT2D eigenvalue weighted by molar-refractivity contribution is 0.0692. The first-order valence-corrected chi connectivity index (χ1v) is 4.08. The second kappa shape index (κ2) is 2.88. The monoisotopic (exact) mass is 195 g/mol. The zero-order chi connectivity index (χ0) is 10.3. The number of phenolic OH excluding ortho intramolecular Hbond substituents is 1. The molecule has 1 heterocycles. The van der Waals surface area contributed by atoms with Crippen molar-refractivity contribution in [2.75, 3.05) is 6.61 Å². The molecular formula is C9H9NO4. The molecule has 1 aliphatic heterocycles. The highest BCUT2D eigenvalue weighted by Crippen LogP contribution is 2.37. The van der Waals surface area contributed by atoms with E-state index >= 15 is 0 Å². The predicted molar refractivity (Wildman–Crippen MR) is 47.5 cm³/mol. The summed E-state index contributed by atoms with van der Waals surface area (Å²) < 4.78 is 5.14. The topological polar surface area (TPSA) is 92.8 Å². The van der Waals surface area contributed by atoms with E-state index in [2.05, 4.69) is 0 Å². The Bertz CT molecular complexity index is 402. The molecule has 0 radical (unpaired) electrons. The third kappa shape index (κ3) is 1.18. The van der Waals surface area contributed by atoms with Crippen LogP contribution in [0.2, 0.25) is 0 Å². The molecule has 74 valence electrons. The largest absolute Gasteiger partial charge is 0.508 e. The number of nitrogens with two attached hydrogens (primary N) is 1. The van der Waals surface area contributed by atoms with Gasteiger partial charge in [0.1, 0.15) is 23.7 Å². The van der Waals surface area contributed by atoms with Crippen molar-refractivity contribution in [1.29, 1.82) is 0 Å². The summed E-state index contributed by atoms with van der Waals surface area (Å²) in [6.07, 6.45) is 0. The van der Waals surface area contributed by atoms with Crippen LogP contribution < -0.4 is 10.5 Å². The summed E-state index contributed by atoms with van der Waals surface area (Å²) in [7, 11) is 0. The van der Waals surface area contributed by atoms with Gasteiger partial charge >= 0.3 is 5.97 Å². The van der Waals surface area contributed by atoms with Crippen molar-refractivity contribution < 1.29 is 19.7 Å². The lowest BCUT2D eigenvalue weighted by Crippen LogP contribution is -2.10. The molecule has 0 bridgehead atoms. The third-order valence-corrected chi connectivity index (χ3v) is 2.14. The summed E-state index contributed by atoms with van der Waals surface area (Å²) in [5, 5.41) is 18.1. The molecule has 2 rings (SSSR count). The molecule has 0 saturated carbocycles. The van der Waals surface area contributed by atoms with Gasteiger partial charge in [0, 0.05) is 5.56 Å². The van der Waals surface area contributed by atoms with Gasteiger partial charge in [-0.2, -0.15) is 0 Å². The number of ether oxygens (including phenoxy) is 1. The number of benzene rings is 1. The average molecular weight is 195 g/mol. The Morgan fingerprint density at radius 1 is 1.57 bits per heavy atom. The highest BCUT2D eigenvalue weighted by atomic mass is 16.5. The number of hydrogen-bond donors (Lipinski definition) is 3. The number of carbonyl (C=O) groups is 1. The van der Waals surface area contributed by atoms with E-state index < -0.39 is 5.97 Å². The first-order chi connectivity index (χ1) is 6.59. The fourth-order valence-electron chi connectivity index (χ4n) is 1.49. The fourth-order valence-corrected chi connectivity index (χ4v) is 1.49. The van der Waals surface area contributed by atoms with Crippen LogP contribution in [0.25, 0.3) is 0 Å². The highest BCUT2D eigenvalue weighted by molar-refractivity contribution is 5.92. The lowest BCUT2D eigenvalue weighted by Gasteiger charge is -2.04. The molecule has 0 aromatic heterocycles. The number of fused-ring (bicyclic) bond motifs is 1. The predicted octanol–water partition coefficient (Wildman–Crippen LogP) is 0.483. The molecule has 0 amide bonds. The molecule has 5 heteroatoms. The number of carboxylic acids is 1. The van der Waals surface area contributed by atoms with Gasteiger partial charge in [-0.1, -0.05) is 0 Å². The molecule has 0 saturated heterocycles. The highest BCUT2D eigenvalue weighted by Gasteiger charge is 2.27. The summed E-state index contributed by atoms with van der Waals surface area (Å²) in [5.41, 5.74) is 6.15. The van der Waals surface area contributed by atoms with Crippen molar-refractivity contribution in [1.82, 2.24) is 0 Å². The molecule has 5 nitrogen and oxygen atoms in total. The summed E-state index contributed by atoms with van der Waals surface area (Å²) in [4.78, 5) is 10.8. The third-order valence-electron chi connectivity index (χ3n) is 2.14. The Labute approximate surface area is 79.7 Å². The van der Waals surface area contributed by atoms with Crippen molar-refractivity contribution >= 4 is 5.97 Å². The molecule has 1 atom stereocenters. The van der Waals surface area contributed by atoms with Crippen molar-refractivity contribution in [2.45, 2.75) is 6.04 Å². The molecule has 0 unspecified atom stereocenters. The number of carboxylic acid groups (broad SMARTS) is 1. The van der Waals surface area contributed by atoms with Crippen LogP contribution >= 0.6 is 0 Å². The Morgan fingerprint density at radius 3 is 2.93 bits per heavy atom. The molecule has 0 aliphatic carbocycles. The minimum Gasteiger partial charge on any atom is -0.508 e. The molecule has 0 fully saturated rings. The normalized spacial score (nSPS) is 18.8. The quantitative estimate of drug-likeness (QED) is 0.606. The zero-order valence-corrected chi connectivity index (χ0v) is 7.23. The summed E-state index contributed by atoms with van der Waals surface area (Å²) >= 11 is 0. The standard InChI is InChI=1S/C9H9NO4/c10-7-3-14-8-5(7)1-4(11)2-6(8)9(12)13/h1-2,7,11H,3,10H2,(H,12,13)/t7-/m1/s1. The number of aromatic hydroxyl groups is 1. The van der Waals surface area contributed by atoms with E-state index in [4.69, 9.17) is 15.6 Å². The van der Waals surface area contributed by atoms with Crippen LogP contribution in [-0.2, 0) is 0 Å². The second-order valence-electron chi connectivity index (χ2n) is 3.13. The van der Waals surface area contributed by atoms with Gasteiger partial charge in [-0.05, 0) is 12.1 Å². The van der Waals surface area contributed by atoms with Crippen LogP contribution in [-0.4, -0.2) is 22.8 Å². The van der Waals surface area contributed by atoms with Crippen molar-refractivity contribution in [3.05, 3.63) is 23.3 Å². The maximum atomic E-state index is 10.8. The summed E-state index contributed by atoms with van der Waals surface area (Å²) in [5.74, 6) is -0.976. The molecule has 1 aromatic rings. The number of hydrogen-bond acceptors (Lipinski definition) is 4. The van der Waals surface area contributed by atoms with Gasteiger partial charge in [0.05, 0.1) is 6.04 Å². The molecule has 1 aromatic carbocycles. The fraction of sp³-hybridized carbons (Fsp3) is 0.222. The smallest absolute Gasteiger partial charge is 0.339 e. The maximum Gasteiger partial charge on any atom is 0.339 e. The molecular weight excluding hydrogens is 186 g/mol. The Balaban J connectivity index is 2.63. The van der Waals surface area contributed by atoms with Crippen LogP contribution in [0, 0.1) is 0 Å². The minimum absolute atomic E-state index is 0.0482. The zero-order valence-electron chi connectivity index (χ0n) is 7.23. The second-order valence-corrected chi connectivity index (χ2v) is 3.13. The molecule has 4 N–H and O–H groups in total. The van der Waals surface area contributed by atoms with Gasteiger partial charge < -0.3 is 20.7 Å². The lowest BCUT2D eigenvalue weighted by atomic mass is 10.0. The van der Waals surface area contributed by atoms with Gasteiger partial charge in [-0.25, -0.2) is 4.79 Å². The first kappa shape index (κ1) is 8.83. The van der Waals surface area contributed by atoms with Crippen LogP contribution in [0.3, 0.4) is 0 Å². The molecule has 1 aliphatic rings. The van der Waals surface area contributed by atoms with E-state index in [0.717, 1.165) is 6.07 Å². The van der Waals surface area contributed by atoms with Gasteiger partial charge in [-0.15, -0.1) is 0 Å². The van der Waals surface area contributed by atoms with E-state index in [1.807, 2.05) is 0 Å². The Morgan fingerprint density at radius 2 is 2.29 bits per heavy atom. The van der Waals surface area contributed by atoms with Crippen LogP contribution in [0.4, 0.5) is 0 Å². The summed E-state index contributed by atoms with van der Waals surface area (Å²) in [6, 6.07) is 2.22. The van der Waals surface area contributed by atoms with Crippen molar-refractivity contribution in [2.24, 2.45) is 5.73 Å². The Hall–Kier alpha value is -1.75. The van der Waals surface area contributed by atoms with Gasteiger partial charge in [0.25, 0.3) is 0 Å². The van der Waals surface area contributed by atoms with E-state index in [0.29, 0.717) is 5.56 Å². The maximum absolute atomic E-state index is 10.8. The van der Waals surface area contributed by atoms with Crippen molar-refractivity contribution in [3.63, 3.8) is 0 Å².